The fourth-order valence-electron chi connectivity index (χ4n) is 1.78. The van der Waals surface area contributed by atoms with Crippen LogP contribution >= 0.6 is 11.8 Å². The fourth-order valence-corrected chi connectivity index (χ4v) is 2.72. The number of imidazole rings is 1. The zero-order chi connectivity index (χ0) is 14.1. The molecule has 0 fully saturated rings. The number of nitrogens with zero attached hydrogens (tertiary/aromatic N) is 5. The van der Waals surface area contributed by atoms with Gasteiger partial charge in [0.1, 0.15) is 10.5 Å². The van der Waals surface area contributed by atoms with Gasteiger partial charge in [-0.15, -0.1) is 5.10 Å². The molecule has 0 bridgehead atoms. The van der Waals surface area contributed by atoms with Crippen LogP contribution in [0.3, 0.4) is 0 Å². The van der Waals surface area contributed by atoms with E-state index in [1.807, 2.05) is 6.92 Å². The number of hydrogen-bond acceptors (Lipinski definition) is 7. The molecule has 0 aliphatic heterocycles. The van der Waals surface area contributed by atoms with E-state index in [0.29, 0.717) is 27.9 Å². The van der Waals surface area contributed by atoms with Gasteiger partial charge >= 0.3 is 5.69 Å². The molecule has 0 aromatic carbocycles. The Balaban J connectivity index is 2.05. The summed E-state index contributed by atoms with van der Waals surface area (Å²) in [4.78, 5) is 26.8. The summed E-state index contributed by atoms with van der Waals surface area (Å²) >= 11 is 1.24. The molecule has 3 rings (SSSR count). The molecule has 0 radical (unpaired) electrons. The van der Waals surface area contributed by atoms with Crippen LogP contribution in [0.15, 0.2) is 21.3 Å². The van der Waals surface area contributed by atoms with Crippen molar-refractivity contribution >= 4 is 28.9 Å². The summed E-state index contributed by atoms with van der Waals surface area (Å²) in [6.07, 6.45) is 2.35. The summed E-state index contributed by atoms with van der Waals surface area (Å²) in [5.41, 5.74) is 6.57. The number of aromatic nitrogens is 7. The molecule has 0 unspecified atom stereocenters. The standard InChI is InChI=1S/C10H12N8OS/c1-2-3-18-9(19)16-17-10(18)20-7-5-6(13-4-12-5)14-8(11)15-7/h4H,2-3H2,1H3,(H,16,19)(H3,11,12,13,14,15). The third-order valence-electron chi connectivity index (χ3n) is 2.63. The van der Waals surface area contributed by atoms with Crippen molar-refractivity contribution in [3.8, 4) is 0 Å². The lowest BCUT2D eigenvalue weighted by atomic mass is 10.5. The maximum Gasteiger partial charge on any atom is 0.343 e. The van der Waals surface area contributed by atoms with Crippen molar-refractivity contribution in [1.29, 1.82) is 0 Å². The van der Waals surface area contributed by atoms with Crippen molar-refractivity contribution in [3.63, 3.8) is 0 Å². The van der Waals surface area contributed by atoms with Crippen LogP contribution in [0.5, 0.6) is 0 Å². The monoisotopic (exact) mass is 292 g/mol. The molecule has 3 aromatic rings. The van der Waals surface area contributed by atoms with Gasteiger partial charge in [-0.05, 0) is 18.2 Å². The number of nitrogen functional groups attached to an aromatic ring is 1. The lowest BCUT2D eigenvalue weighted by molar-refractivity contribution is 0.603. The molecule has 0 spiro atoms. The van der Waals surface area contributed by atoms with Gasteiger partial charge in [0.15, 0.2) is 10.8 Å². The predicted molar refractivity (Wildman–Crippen MR) is 73.4 cm³/mol. The van der Waals surface area contributed by atoms with E-state index in [1.54, 1.807) is 4.57 Å². The highest BCUT2D eigenvalue weighted by molar-refractivity contribution is 7.99. The van der Waals surface area contributed by atoms with Gasteiger partial charge in [-0.3, -0.25) is 4.57 Å². The number of nitrogens with two attached hydrogens (primary N) is 1. The number of aromatic amines is 2. The summed E-state index contributed by atoms with van der Waals surface area (Å²) < 4.78 is 1.56. The molecule has 4 N–H and O–H groups in total. The maximum absolute atomic E-state index is 11.7. The van der Waals surface area contributed by atoms with Crippen LogP contribution in [0.25, 0.3) is 11.2 Å². The summed E-state index contributed by atoms with van der Waals surface area (Å²) in [6, 6.07) is 0. The first kappa shape index (κ1) is 12.7. The molecule has 0 amide bonds. The number of fused-ring (bicyclic) bond motifs is 1. The number of hydrogen-bond donors (Lipinski definition) is 3. The minimum atomic E-state index is -0.239. The van der Waals surface area contributed by atoms with E-state index in [0.717, 1.165) is 6.42 Å². The minimum Gasteiger partial charge on any atom is -0.368 e. The highest BCUT2D eigenvalue weighted by Gasteiger charge is 2.15. The van der Waals surface area contributed by atoms with E-state index >= 15 is 0 Å². The Hall–Kier alpha value is -2.36. The van der Waals surface area contributed by atoms with Gasteiger partial charge in [0.05, 0.1) is 6.33 Å². The lowest BCUT2D eigenvalue weighted by Crippen LogP contribution is -2.17. The second-order valence-corrected chi connectivity index (χ2v) is 5.01. The van der Waals surface area contributed by atoms with Gasteiger partial charge in [0.25, 0.3) is 0 Å². The van der Waals surface area contributed by atoms with Crippen molar-refractivity contribution in [2.45, 2.75) is 30.1 Å². The average Bonchev–Trinajstić information content (AvgIpc) is 3.00. The highest BCUT2D eigenvalue weighted by atomic mass is 32.2. The third kappa shape index (κ3) is 2.13. The second-order valence-electron chi connectivity index (χ2n) is 4.05. The zero-order valence-electron chi connectivity index (χ0n) is 10.6. The van der Waals surface area contributed by atoms with Gasteiger partial charge < -0.3 is 10.7 Å². The Kier molecular flexibility index (Phi) is 3.14. The van der Waals surface area contributed by atoms with Crippen molar-refractivity contribution in [2.75, 3.05) is 5.73 Å². The molecule has 3 aromatic heterocycles. The quantitative estimate of drug-likeness (QED) is 0.592. The third-order valence-corrected chi connectivity index (χ3v) is 3.61. The summed E-state index contributed by atoms with van der Waals surface area (Å²) in [5.74, 6) is 0.132. The van der Waals surface area contributed by atoms with E-state index in [2.05, 4.69) is 30.1 Å². The van der Waals surface area contributed by atoms with E-state index < -0.39 is 0 Å². The number of nitrogens with one attached hydrogen (secondary N) is 2. The summed E-state index contributed by atoms with van der Waals surface area (Å²) in [6.45, 7) is 2.58. The Labute approximate surface area is 117 Å². The molecule has 0 aliphatic rings. The van der Waals surface area contributed by atoms with E-state index in [4.69, 9.17) is 5.73 Å². The van der Waals surface area contributed by atoms with Crippen LogP contribution in [0.1, 0.15) is 13.3 Å². The van der Waals surface area contributed by atoms with E-state index in [-0.39, 0.29) is 11.6 Å². The van der Waals surface area contributed by atoms with Crippen molar-refractivity contribution in [3.05, 3.63) is 16.8 Å². The Morgan fingerprint density at radius 2 is 2.30 bits per heavy atom. The first-order chi connectivity index (χ1) is 9.69. The maximum atomic E-state index is 11.7. The average molecular weight is 292 g/mol. The number of anilines is 1. The molecular formula is C10H12N8OS. The van der Waals surface area contributed by atoms with Crippen molar-refractivity contribution in [2.24, 2.45) is 0 Å². The Bertz CT molecular complexity index is 803. The van der Waals surface area contributed by atoms with Gasteiger partial charge in [-0.2, -0.15) is 4.98 Å². The van der Waals surface area contributed by atoms with Gasteiger partial charge in [-0.1, -0.05) is 6.92 Å². The van der Waals surface area contributed by atoms with Gasteiger partial charge in [0, 0.05) is 6.54 Å². The molecule has 0 aliphatic carbocycles. The topological polar surface area (TPSA) is 131 Å². The summed E-state index contributed by atoms with van der Waals surface area (Å²) in [7, 11) is 0. The fraction of sp³-hybridized carbons (Fsp3) is 0.300. The molecule has 9 nitrogen and oxygen atoms in total. The number of H-pyrrole nitrogens is 2. The van der Waals surface area contributed by atoms with Crippen LogP contribution in [-0.2, 0) is 6.54 Å². The largest absolute Gasteiger partial charge is 0.368 e. The molecular weight excluding hydrogens is 280 g/mol. The molecule has 0 atom stereocenters. The molecule has 10 heteroatoms. The smallest absolute Gasteiger partial charge is 0.343 e. The van der Waals surface area contributed by atoms with Gasteiger partial charge in [-0.25, -0.2) is 19.9 Å². The van der Waals surface area contributed by atoms with Crippen LogP contribution in [0.2, 0.25) is 0 Å². The summed E-state index contributed by atoms with van der Waals surface area (Å²) in [5, 5.41) is 7.56. The Morgan fingerprint density at radius 3 is 3.10 bits per heavy atom. The normalized spacial score (nSPS) is 11.2. The molecule has 0 saturated carbocycles. The molecule has 20 heavy (non-hydrogen) atoms. The van der Waals surface area contributed by atoms with E-state index in [1.165, 1.54) is 18.1 Å². The van der Waals surface area contributed by atoms with Gasteiger partial charge in [0.2, 0.25) is 5.95 Å². The lowest BCUT2D eigenvalue weighted by Gasteiger charge is -2.04. The zero-order valence-corrected chi connectivity index (χ0v) is 11.4. The Morgan fingerprint density at radius 1 is 1.45 bits per heavy atom. The minimum absolute atomic E-state index is 0.132. The van der Waals surface area contributed by atoms with Crippen LogP contribution in [0, 0.1) is 0 Å². The SMILES string of the molecule is CCCn1c(Sc2nc(N)nc3nc[nH]c23)n[nH]c1=O. The van der Waals surface area contributed by atoms with Crippen LogP contribution in [0.4, 0.5) is 5.95 Å². The first-order valence-corrected chi connectivity index (χ1v) is 6.80. The second kappa shape index (κ2) is 4.96. The molecule has 3 heterocycles. The number of rotatable bonds is 4. The van der Waals surface area contributed by atoms with Crippen LogP contribution < -0.4 is 11.4 Å². The van der Waals surface area contributed by atoms with E-state index in [9.17, 15) is 4.79 Å². The highest BCUT2D eigenvalue weighted by Crippen LogP contribution is 2.28. The first-order valence-electron chi connectivity index (χ1n) is 5.98. The van der Waals surface area contributed by atoms with Crippen LogP contribution in [-0.4, -0.2) is 34.7 Å². The molecule has 104 valence electrons. The predicted octanol–water partition coefficient (Wildman–Crippen LogP) is 0.381. The van der Waals surface area contributed by atoms with Crippen molar-refractivity contribution < 1.29 is 0 Å². The van der Waals surface area contributed by atoms with Crippen molar-refractivity contribution in [1.82, 2.24) is 34.7 Å². The molecule has 0 saturated heterocycles.